The van der Waals surface area contributed by atoms with Crippen LogP contribution in [0.5, 0.6) is 17.2 Å². The Bertz CT molecular complexity index is 2240. The Balaban J connectivity index is 0.00000262. The highest BCUT2D eigenvalue weighted by atomic mass is 16.5. The molecule has 5 aromatic rings. The third-order valence-corrected chi connectivity index (χ3v) is 11.7. The Kier molecular flexibility index (Phi) is 11.9. The van der Waals surface area contributed by atoms with Gasteiger partial charge in [-0.05, 0) is 113 Å². The molecule has 0 bridgehead atoms. The van der Waals surface area contributed by atoms with Gasteiger partial charge in [0.25, 0.3) is 11.8 Å². The fourth-order valence-corrected chi connectivity index (χ4v) is 9.61. The maximum absolute atomic E-state index is 13.8. The zero-order chi connectivity index (χ0) is 40.2. The molecule has 0 saturated heterocycles. The number of benzene rings is 5. The lowest BCUT2D eigenvalue weighted by Crippen LogP contribution is -2.25. The zero-order valence-corrected chi connectivity index (χ0v) is 33.9. The van der Waals surface area contributed by atoms with E-state index in [1.807, 2.05) is 50.2 Å². The van der Waals surface area contributed by atoms with Gasteiger partial charge in [-0.25, -0.2) is 0 Å². The van der Waals surface area contributed by atoms with Gasteiger partial charge in [-0.1, -0.05) is 116 Å². The second-order valence-corrected chi connectivity index (χ2v) is 14.9. The van der Waals surface area contributed by atoms with Crippen LogP contribution in [0.2, 0.25) is 0 Å². The number of carbonyl (C=O) groups excluding carboxylic acids is 2. The number of phenolic OH excluding ortho intramolecular Hbond substituents is 2. The van der Waals surface area contributed by atoms with E-state index in [-0.39, 0.29) is 39.2 Å². The van der Waals surface area contributed by atoms with E-state index >= 15 is 0 Å². The molecular formula is C49H56N2O5. The number of hydrogen-bond acceptors (Lipinski definition) is 5. The monoisotopic (exact) mass is 752 g/mol. The molecular weight excluding hydrogens is 697 g/mol. The van der Waals surface area contributed by atoms with Crippen molar-refractivity contribution in [3.8, 4) is 39.5 Å². The van der Waals surface area contributed by atoms with Crippen LogP contribution in [0.15, 0.2) is 91.0 Å². The molecule has 0 aromatic heterocycles. The van der Waals surface area contributed by atoms with E-state index in [0.717, 1.165) is 84.7 Å². The lowest BCUT2D eigenvalue weighted by atomic mass is 9.71. The van der Waals surface area contributed by atoms with Crippen LogP contribution >= 0.6 is 0 Å². The number of methoxy groups -OCH3 is 1. The van der Waals surface area contributed by atoms with Gasteiger partial charge in [0.05, 0.1) is 24.0 Å². The molecule has 0 unspecified atom stereocenters. The predicted octanol–water partition coefficient (Wildman–Crippen LogP) is 12.4. The van der Waals surface area contributed by atoms with Crippen molar-refractivity contribution in [2.75, 3.05) is 17.7 Å². The SMILES string of the molecule is CC.CCCC1(CCC)c2ccccc2-c2cc(NC(=O)c3ccc(C(=O)Nc4cc5c(cc4O)C(CCC)(CCC)c4ccccc4-5)c(OC)c3)c(O)cc21. The highest BCUT2D eigenvalue weighted by molar-refractivity contribution is 6.10. The minimum absolute atomic E-state index is 0.000130. The summed E-state index contributed by atoms with van der Waals surface area (Å²) in [6, 6.07) is 28.8. The van der Waals surface area contributed by atoms with Crippen LogP contribution in [-0.2, 0) is 10.8 Å². The molecule has 4 N–H and O–H groups in total. The number of anilines is 2. The second-order valence-electron chi connectivity index (χ2n) is 14.9. The molecule has 56 heavy (non-hydrogen) atoms. The molecule has 0 heterocycles. The van der Waals surface area contributed by atoms with Gasteiger partial charge in [0, 0.05) is 16.4 Å². The van der Waals surface area contributed by atoms with E-state index in [4.69, 9.17) is 4.74 Å². The van der Waals surface area contributed by atoms with Crippen LogP contribution in [0, 0.1) is 0 Å². The number of aromatic hydroxyl groups is 2. The summed E-state index contributed by atoms with van der Waals surface area (Å²) < 4.78 is 5.62. The first-order chi connectivity index (χ1) is 27.2. The first-order valence-corrected chi connectivity index (χ1v) is 20.4. The first-order valence-electron chi connectivity index (χ1n) is 20.4. The van der Waals surface area contributed by atoms with Gasteiger partial charge >= 0.3 is 0 Å². The van der Waals surface area contributed by atoms with Crippen molar-refractivity contribution in [1.29, 1.82) is 0 Å². The van der Waals surface area contributed by atoms with Gasteiger partial charge in [-0.3, -0.25) is 9.59 Å². The van der Waals surface area contributed by atoms with Crippen LogP contribution in [0.4, 0.5) is 11.4 Å². The third kappa shape index (κ3) is 6.71. The average Bonchev–Trinajstić information content (AvgIpc) is 3.61. The van der Waals surface area contributed by atoms with Crippen molar-refractivity contribution in [1.82, 2.24) is 0 Å². The normalized spacial score (nSPS) is 13.7. The minimum Gasteiger partial charge on any atom is -0.506 e. The fourth-order valence-electron chi connectivity index (χ4n) is 9.61. The number of fused-ring (bicyclic) bond motifs is 6. The third-order valence-electron chi connectivity index (χ3n) is 11.7. The Morgan fingerprint density at radius 1 is 0.554 bits per heavy atom. The summed E-state index contributed by atoms with van der Waals surface area (Å²) in [6.45, 7) is 12.8. The van der Waals surface area contributed by atoms with E-state index in [1.165, 1.54) is 24.3 Å². The summed E-state index contributed by atoms with van der Waals surface area (Å²) in [5, 5.41) is 28.4. The number of nitrogens with one attached hydrogen (secondary N) is 2. The largest absolute Gasteiger partial charge is 0.506 e. The number of phenols is 2. The fraction of sp³-hybridized carbons (Fsp3) is 0.347. The molecule has 7 heteroatoms. The predicted molar refractivity (Wildman–Crippen MR) is 229 cm³/mol. The Hall–Kier alpha value is -5.56. The molecule has 5 aromatic carbocycles. The van der Waals surface area contributed by atoms with Crippen molar-refractivity contribution < 1.29 is 24.5 Å². The number of hydrogen-bond donors (Lipinski definition) is 4. The zero-order valence-electron chi connectivity index (χ0n) is 33.9. The number of rotatable bonds is 13. The Morgan fingerprint density at radius 2 is 0.982 bits per heavy atom. The lowest BCUT2D eigenvalue weighted by molar-refractivity contribution is 0.101. The van der Waals surface area contributed by atoms with E-state index < -0.39 is 11.8 Å². The highest BCUT2D eigenvalue weighted by Gasteiger charge is 2.43. The molecule has 0 aliphatic heterocycles. The topological polar surface area (TPSA) is 108 Å². The molecule has 0 atom stereocenters. The molecule has 0 radical (unpaired) electrons. The van der Waals surface area contributed by atoms with Gasteiger partial charge < -0.3 is 25.6 Å². The molecule has 7 rings (SSSR count). The van der Waals surface area contributed by atoms with Gasteiger partial charge in [0.2, 0.25) is 0 Å². The summed E-state index contributed by atoms with van der Waals surface area (Å²) in [4.78, 5) is 27.4. The van der Waals surface area contributed by atoms with Crippen LogP contribution in [-0.4, -0.2) is 29.1 Å². The van der Waals surface area contributed by atoms with Crippen molar-refractivity contribution in [3.05, 3.63) is 124 Å². The van der Waals surface area contributed by atoms with Crippen LogP contribution in [0.25, 0.3) is 22.3 Å². The molecule has 0 fully saturated rings. The van der Waals surface area contributed by atoms with Crippen molar-refractivity contribution in [3.63, 3.8) is 0 Å². The van der Waals surface area contributed by atoms with Gasteiger partial charge in [-0.2, -0.15) is 0 Å². The highest BCUT2D eigenvalue weighted by Crippen LogP contribution is 2.57. The molecule has 7 nitrogen and oxygen atoms in total. The van der Waals surface area contributed by atoms with Gasteiger partial charge in [-0.15, -0.1) is 0 Å². The summed E-state index contributed by atoms with van der Waals surface area (Å²) in [5.74, 6) is -0.723. The van der Waals surface area contributed by atoms with E-state index in [0.29, 0.717) is 11.4 Å². The maximum Gasteiger partial charge on any atom is 0.259 e. The molecule has 2 aliphatic carbocycles. The Morgan fingerprint density at radius 3 is 1.41 bits per heavy atom. The standard InChI is InChI=1S/C47H50N2O5.C2H6/c1-6-20-46(21-7-2)35-16-12-10-14-30(35)33-25-39(41(50)27-37(33)46)48-44(52)29-18-19-32(43(24-29)54-5)45(53)49-40-26-34-31-15-11-13-17-36(31)47(22-8-3,23-9-4)38(34)28-42(40)51;1-2/h10-19,24-28,50-51H,6-9,20-23H2,1-5H3,(H,48,52)(H,49,53);1-2H3. The van der Waals surface area contributed by atoms with E-state index in [2.05, 4.69) is 74.7 Å². The summed E-state index contributed by atoms with van der Waals surface area (Å²) in [7, 11) is 1.45. The molecule has 0 saturated carbocycles. The molecule has 2 aliphatic rings. The maximum atomic E-state index is 13.8. The smallest absolute Gasteiger partial charge is 0.259 e. The van der Waals surface area contributed by atoms with Gasteiger partial charge in [0.1, 0.15) is 17.2 Å². The van der Waals surface area contributed by atoms with Gasteiger partial charge in [0.15, 0.2) is 0 Å². The molecule has 0 spiro atoms. The minimum atomic E-state index is -0.480. The second kappa shape index (κ2) is 16.7. The van der Waals surface area contributed by atoms with Crippen molar-refractivity contribution in [2.45, 2.75) is 104 Å². The van der Waals surface area contributed by atoms with Crippen LogP contribution < -0.4 is 15.4 Å². The van der Waals surface area contributed by atoms with Crippen molar-refractivity contribution >= 4 is 23.2 Å². The Labute approximate surface area is 332 Å². The number of amides is 2. The number of ether oxygens (including phenoxy) is 1. The lowest BCUT2D eigenvalue weighted by Gasteiger charge is -2.32. The van der Waals surface area contributed by atoms with E-state index in [1.54, 1.807) is 12.1 Å². The summed E-state index contributed by atoms with van der Waals surface area (Å²) in [5.41, 5.74) is 9.71. The molecule has 292 valence electrons. The van der Waals surface area contributed by atoms with Crippen molar-refractivity contribution in [2.24, 2.45) is 0 Å². The summed E-state index contributed by atoms with van der Waals surface area (Å²) >= 11 is 0. The van der Waals surface area contributed by atoms with E-state index in [9.17, 15) is 19.8 Å². The summed E-state index contributed by atoms with van der Waals surface area (Å²) in [6.07, 6.45) is 7.88. The first kappa shape index (κ1) is 40.1. The number of carbonyl (C=O) groups is 2. The average molecular weight is 753 g/mol. The van der Waals surface area contributed by atoms with Crippen LogP contribution in [0.3, 0.4) is 0 Å². The quantitative estimate of drug-likeness (QED) is 0.0896. The van der Waals surface area contributed by atoms with Crippen LogP contribution in [0.1, 0.15) is 136 Å². The molecule has 2 amide bonds.